The highest BCUT2D eigenvalue weighted by Gasteiger charge is 2.21. The van der Waals surface area contributed by atoms with Crippen LogP contribution in [0.2, 0.25) is 0 Å². The van der Waals surface area contributed by atoms with Gasteiger partial charge in [-0.25, -0.2) is 4.98 Å². The molecule has 8 nitrogen and oxygen atoms in total. The van der Waals surface area contributed by atoms with Crippen LogP contribution in [0.3, 0.4) is 0 Å². The normalized spacial score (nSPS) is 14.5. The second-order valence-corrected chi connectivity index (χ2v) is 9.93. The number of rotatable bonds is 6. The molecular formula is C30H32N6O2. The van der Waals surface area contributed by atoms with Gasteiger partial charge in [-0.05, 0) is 48.7 Å². The second kappa shape index (κ2) is 9.95. The summed E-state index contributed by atoms with van der Waals surface area (Å²) in [5.74, 6) is 0.900. The molecule has 3 heterocycles. The summed E-state index contributed by atoms with van der Waals surface area (Å²) < 4.78 is 1.53. The summed E-state index contributed by atoms with van der Waals surface area (Å²) in [6.07, 6.45) is 1.03. The minimum atomic E-state index is -0.571. The number of aromatic amines is 2. The molecule has 1 aliphatic rings. The number of hydrogen-bond acceptors (Lipinski definition) is 5. The van der Waals surface area contributed by atoms with Crippen molar-refractivity contribution in [3.8, 4) is 11.4 Å². The number of hydrogen-bond donors (Lipinski definition) is 2. The molecule has 2 N–H and O–H groups in total. The molecule has 0 atom stereocenters. The molecule has 0 unspecified atom stereocenters. The van der Waals surface area contributed by atoms with E-state index in [9.17, 15) is 9.59 Å². The minimum absolute atomic E-state index is 0.468. The van der Waals surface area contributed by atoms with Crippen molar-refractivity contribution in [2.24, 2.45) is 0 Å². The predicted octanol–water partition coefficient (Wildman–Crippen LogP) is 4.14. The van der Waals surface area contributed by atoms with Crippen molar-refractivity contribution in [1.82, 2.24) is 24.4 Å². The summed E-state index contributed by atoms with van der Waals surface area (Å²) in [6, 6.07) is 20.9. The van der Waals surface area contributed by atoms with Crippen molar-refractivity contribution in [2.45, 2.75) is 33.4 Å². The maximum absolute atomic E-state index is 12.1. The third kappa shape index (κ3) is 4.41. The number of benzene rings is 3. The lowest BCUT2D eigenvalue weighted by molar-refractivity contribution is 0.250. The Balaban J connectivity index is 1.18. The van der Waals surface area contributed by atoms with Crippen molar-refractivity contribution in [3.63, 3.8) is 0 Å². The number of piperazine rings is 1. The van der Waals surface area contributed by atoms with Gasteiger partial charge in [0.1, 0.15) is 11.3 Å². The van der Waals surface area contributed by atoms with Crippen LogP contribution in [-0.2, 0) is 19.5 Å². The van der Waals surface area contributed by atoms with Gasteiger partial charge in [-0.15, -0.1) is 0 Å². The van der Waals surface area contributed by atoms with E-state index in [0.717, 1.165) is 78.3 Å². The molecule has 5 aromatic rings. The molecule has 0 amide bonds. The fraction of sp³-hybridized carbons (Fsp3) is 0.300. The second-order valence-electron chi connectivity index (χ2n) is 9.93. The quantitative estimate of drug-likeness (QED) is 0.337. The van der Waals surface area contributed by atoms with Crippen molar-refractivity contribution in [1.29, 1.82) is 0 Å². The molecule has 1 fully saturated rings. The number of anilines is 1. The highest BCUT2D eigenvalue weighted by molar-refractivity contribution is 5.91. The van der Waals surface area contributed by atoms with Gasteiger partial charge in [0, 0.05) is 44.8 Å². The van der Waals surface area contributed by atoms with Crippen LogP contribution in [0.5, 0.6) is 0 Å². The van der Waals surface area contributed by atoms with Crippen molar-refractivity contribution >= 4 is 27.8 Å². The minimum Gasteiger partial charge on any atom is -0.367 e. The molecule has 1 aliphatic heterocycles. The average molecular weight is 509 g/mol. The molecule has 3 aromatic carbocycles. The molecule has 0 radical (unpaired) electrons. The molecule has 6 rings (SSSR count). The number of fused-ring (bicyclic) bond motifs is 2. The molecule has 8 heteroatoms. The van der Waals surface area contributed by atoms with Crippen LogP contribution in [0.1, 0.15) is 25.0 Å². The highest BCUT2D eigenvalue weighted by Crippen LogP contribution is 2.29. The summed E-state index contributed by atoms with van der Waals surface area (Å²) in [7, 11) is 0. The number of para-hydroxylation sites is 1. The zero-order valence-corrected chi connectivity index (χ0v) is 21.8. The van der Waals surface area contributed by atoms with Crippen LogP contribution in [0, 0.1) is 0 Å². The molecule has 38 heavy (non-hydrogen) atoms. The van der Waals surface area contributed by atoms with Gasteiger partial charge in [-0.2, -0.15) is 0 Å². The topological polar surface area (TPSA) is 90.0 Å². The monoisotopic (exact) mass is 508 g/mol. The average Bonchev–Trinajstić information content (AvgIpc) is 3.39. The number of nitrogens with zero attached hydrogens (tertiary/aromatic N) is 4. The largest absolute Gasteiger partial charge is 0.367 e. The fourth-order valence-corrected chi connectivity index (χ4v) is 5.45. The lowest BCUT2D eigenvalue weighted by Gasteiger charge is -2.36. The van der Waals surface area contributed by atoms with Crippen LogP contribution in [0.25, 0.3) is 33.5 Å². The van der Waals surface area contributed by atoms with Gasteiger partial charge in [-0.1, -0.05) is 43.3 Å². The van der Waals surface area contributed by atoms with E-state index in [0.29, 0.717) is 12.1 Å². The molecule has 0 saturated carbocycles. The van der Waals surface area contributed by atoms with Gasteiger partial charge in [0.15, 0.2) is 0 Å². The van der Waals surface area contributed by atoms with E-state index < -0.39 is 11.1 Å². The Bertz CT molecular complexity index is 1720. The van der Waals surface area contributed by atoms with E-state index in [2.05, 4.69) is 75.2 Å². The summed E-state index contributed by atoms with van der Waals surface area (Å²) in [5, 5.41) is 0. The van der Waals surface area contributed by atoms with Crippen molar-refractivity contribution in [2.75, 3.05) is 31.1 Å². The maximum Gasteiger partial charge on any atom is 0.316 e. The fourth-order valence-electron chi connectivity index (χ4n) is 5.45. The molecular weight excluding hydrogens is 476 g/mol. The van der Waals surface area contributed by atoms with Crippen molar-refractivity contribution < 1.29 is 0 Å². The first kappa shape index (κ1) is 24.2. The Hall–Kier alpha value is -4.17. The third-order valence-electron chi connectivity index (χ3n) is 7.60. The molecule has 194 valence electrons. The molecule has 1 saturated heterocycles. The maximum atomic E-state index is 12.1. The number of H-pyrrole nitrogens is 2. The lowest BCUT2D eigenvalue weighted by Crippen LogP contribution is -2.46. The highest BCUT2D eigenvalue weighted by atomic mass is 16.2. The van der Waals surface area contributed by atoms with Crippen LogP contribution in [0.4, 0.5) is 5.69 Å². The summed E-state index contributed by atoms with van der Waals surface area (Å²) in [4.78, 5) is 40.3. The summed E-state index contributed by atoms with van der Waals surface area (Å²) in [6.45, 7) is 8.97. The summed E-state index contributed by atoms with van der Waals surface area (Å²) in [5.41, 5.74) is 7.16. The van der Waals surface area contributed by atoms with E-state index in [-0.39, 0.29) is 0 Å². The molecule has 0 bridgehead atoms. The predicted molar refractivity (Wildman–Crippen MR) is 153 cm³/mol. The molecule has 2 aromatic heterocycles. The Morgan fingerprint density at radius 1 is 0.842 bits per heavy atom. The smallest absolute Gasteiger partial charge is 0.316 e. The van der Waals surface area contributed by atoms with Crippen molar-refractivity contribution in [3.05, 3.63) is 92.5 Å². The standard InChI is InChI=1S/C30H32N6O2/c1-3-20-8-11-22(12-9-20)28-31-23-6-5-7-26(27(23)33-28)35-16-14-34(15-17-35)19-21-10-13-25-24(18-21)32-29(37)30(38)36(25)4-2/h5-13,18H,3-4,14-17,19H2,1-2H3,(H,31,33)(H,32,37). The lowest BCUT2D eigenvalue weighted by atomic mass is 10.1. The number of nitrogens with one attached hydrogen (secondary N) is 2. The van der Waals surface area contributed by atoms with Crippen LogP contribution in [0.15, 0.2) is 70.3 Å². The van der Waals surface area contributed by atoms with Gasteiger partial charge in [0.05, 0.1) is 22.2 Å². The first-order chi connectivity index (χ1) is 18.5. The number of imidazole rings is 1. The van der Waals surface area contributed by atoms with Crippen LogP contribution < -0.4 is 16.0 Å². The number of aromatic nitrogens is 4. The van der Waals surface area contributed by atoms with Crippen LogP contribution in [-0.4, -0.2) is 50.6 Å². The van der Waals surface area contributed by atoms with E-state index in [1.54, 1.807) is 0 Å². The Morgan fingerprint density at radius 3 is 2.34 bits per heavy atom. The first-order valence-corrected chi connectivity index (χ1v) is 13.3. The Morgan fingerprint density at radius 2 is 1.61 bits per heavy atom. The zero-order valence-electron chi connectivity index (χ0n) is 21.8. The first-order valence-electron chi connectivity index (χ1n) is 13.3. The van der Waals surface area contributed by atoms with Gasteiger partial charge in [-0.3, -0.25) is 14.5 Å². The number of aryl methyl sites for hydroxylation is 2. The van der Waals surface area contributed by atoms with Gasteiger partial charge < -0.3 is 19.4 Å². The van der Waals surface area contributed by atoms with E-state index in [4.69, 9.17) is 4.98 Å². The third-order valence-corrected chi connectivity index (χ3v) is 7.60. The Kier molecular flexibility index (Phi) is 6.33. The van der Waals surface area contributed by atoms with E-state index in [1.165, 1.54) is 10.1 Å². The van der Waals surface area contributed by atoms with Gasteiger partial charge in [0.25, 0.3) is 0 Å². The Labute approximate surface area is 220 Å². The van der Waals surface area contributed by atoms with E-state index in [1.807, 2.05) is 19.1 Å². The molecule has 0 aliphatic carbocycles. The zero-order chi connectivity index (χ0) is 26.2. The van der Waals surface area contributed by atoms with Crippen LogP contribution >= 0.6 is 0 Å². The van der Waals surface area contributed by atoms with Gasteiger partial charge >= 0.3 is 11.1 Å². The summed E-state index contributed by atoms with van der Waals surface area (Å²) >= 11 is 0. The van der Waals surface area contributed by atoms with Gasteiger partial charge in [0.2, 0.25) is 0 Å². The SMILES string of the molecule is CCc1ccc(-c2nc3c(N4CCN(Cc5ccc6c(c5)[nH]c(=O)c(=O)n6CC)CC4)cccc3[nH]2)cc1. The molecule has 0 spiro atoms. The van der Waals surface area contributed by atoms with E-state index >= 15 is 0 Å².